The average molecular weight is 331 g/mol. The highest BCUT2D eigenvalue weighted by molar-refractivity contribution is 6.42. The Hall–Kier alpha value is -0.320. The summed E-state index contributed by atoms with van der Waals surface area (Å²) in [5.41, 5.74) is 3.78. The third-order valence-electron chi connectivity index (χ3n) is 4.42. The van der Waals surface area contributed by atoms with Crippen molar-refractivity contribution >= 4 is 23.2 Å². The van der Waals surface area contributed by atoms with E-state index in [1.54, 1.807) is 6.07 Å². The number of halogens is 2. The molecule has 1 fully saturated rings. The van der Waals surface area contributed by atoms with Gasteiger partial charge in [0.05, 0.1) is 21.7 Å². The van der Waals surface area contributed by atoms with Gasteiger partial charge in [-0.1, -0.05) is 54.6 Å². The second-order valence-corrected chi connectivity index (χ2v) is 6.48. The van der Waals surface area contributed by atoms with Crippen molar-refractivity contribution in [2.45, 2.75) is 57.1 Å². The van der Waals surface area contributed by atoms with E-state index in [4.69, 9.17) is 33.8 Å². The molecule has 0 radical (unpaired) electrons. The zero-order chi connectivity index (χ0) is 15.3. The molecule has 1 saturated carbocycles. The highest BCUT2D eigenvalue weighted by Gasteiger charge is 2.40. The van der Waals surface area contributed by atoms with Crippen molar-refractivity contribution in [3.05, 3.63) is 33.8 Å². The summed E-state index contributed by atoms with van der Waals surface area (Å²) in [7, 11) is 0. The molecule has 21 heavy (non-hydrogen) atoms. The first kappa shape index (κ1) is 17.0. The summed E-state index contributed by atoms with van der Waals surface area (Å²) in [6, 6.07) is 5.76. The molecule has 1 unspecified atom stereocenters. The van der Waals surface area contributed by atoms with Crippen LogP contribution in [0.5, 0.6) is 0 Å². The van der Waals surface area contributed by atoms with Gasteiger partial charge in [-0.3, -0.25) is 11.3 Å². The van der Waals surface area contributed by atoms with Crippen LogP contribution in [0.15, 0.2) is 18.2 Å². The molecule has 1 aliphatic rings. The molecule has 1 aromatic rings. The standard InChI is InChI=1S/C16H24Cl2N2O/c1-2-21-16(9-4-3-5-10-16)14(20-19)11-12-7-6-8-13(17)15(12)18/h6-8,14,20H,2-5,9-11,19H2,1H3. The first-order chi connectivity index (χ1) is 10.1. The summed E-state index contributed by atoms with van der Waals surface area (Å²) in [5, 5.41) is 1.20. The Morgan fingerprint density at radius 2 is 2.00 bits per heavy atom. The predicted octanol–water partition coefficient (Wildman–Crippen LogP) is 4.11. The molecular formula is C16H24Cl2N2O. The zero-order valence-electron chi connectivity index (χ0n) is 12.5. The van der Waals surface area contributed by atoms with Gasteiger partial charge in [0.15, 0.2) is 0 Å². The van der Waals surface area contributed by atoms with Crippen molar-refractivity contribution in [1.82, 2.24) is 5.43 Å². The van der Waals surface area contributed by atoms with E-state index in [2.05, 4.69) is 5.43 Å². The van der Waals surface area contributed by atoms with Crippen LogP contribution >= 0.6 is 23.2 Å². The number of nitrogens with one attached hydrogen (secondary N) is 1. The minimum Gasteiger partial charge on any atom is -0.374 e. The van der Waals surface area contributed by atoms with E-state index in [0.29, 0.717) is 16.7 Å². The summed E-state index contributed by atoms with van der Waals surface area (Å²) in [4.78, 5) is 0. The van der Waals surface area contributed by atoms with Crippen molar-refractivity contribution in [2.75, 3.05) is 6.61 Å². The Balaban J connectivity index is 2.22. The Labute approximate surface area is 137 Å². The second kappa shape index (κ2) is 7.80. The molecule has 1 atom stereocenters. The number of hydrogen-bond acceptors (Lipinski definition) is 3. The van der Waals surface area contributed by atoms with Gasteiger partial charge < -0.3 is 4.74 Å². The van der Waals surface area contributed by atoms with Gasteiger partial charge in [0.1, 0.15) is 0 Å². The van der Waals surface area contributed by atoms with E-state index in [-0.39, 0.29) is 11.6 Å². The second-order valence-electron chi connectivity index (χ2n) is 5.69. The number of hydrogen-bond donors (Lipinski definition) is 2. The summed E-state index contributed by atoms with van der Waals surface area (Å²) >= 11 is 12.4. The lowest BCUT2D eigenvalue weighted by Crippen LogP contribution is -2.57. The Kier molecular flexibility index (Phi) is 6.33. The SMILES string of the molecule is CCOC1(C(Cc2cccc(Cl)c2Cl)NN)CCCCC1. The van der Waals surface area contributed by atoms with E-state index in [1.165, 1.54) is 19.3 Å². The van der Waals surface area contributed by atoms with Crippen molar-refractivity contribution in [3.63, 3.8) is 0 Å². The van der Waals surface area contributed by atoms with Gasteiger partial charge in [-0.2, -0.15) is 0 Å². The van der Waals surface area contributed by atoms with E-state index in [0.717, 1.165) is 24.8 Å². The van der Waals surface area contributed by atoms with Crippen LogP contribution in [0.1, 0.15) is 44.6 Å². The third-order valence-corrected chi connectivity index (χ3v) is 5.28. The van der Waals surface area contributed by atoms with Crippen LogP contribution in [0, 0.1) is 0 Å². The lowest BCUT2D eigenvalue weighted by atomic mass is 9.77. The fraction of sp³-hybridized carbons (Fsp3) is 0.625. The number of rotatable bonds is 6. The summed E-state index contributed by atoms with van der Waals surface area (Å²) < 4.78 is 6.15. The molecule has 0 bridgehead atoms. The van der Waals surface area contributed by atoms with Crippen LogP contribution in [-0.2, 0) is 11.2 Å². The number of hydrazine groups is 1. The minimum absolute atomic E-state index is 0.0358. The van der Waals surface area contributed by atoms with Crippen LogP contribution in [0.2, 0.25) is 10.0 Å². The van der Waals surface area contributed by atoms with Gasteiger partial charge in [-0.05, 0) is 37.8 Å². The van der Waals surface area contributed by atoms with Crippen LogP contribution in [-0.4, -0.2) is 18.2 Å². The molecule has 2 rings (SSSR count). The highest BCUT2D eigenvalue weighted by Crippen LogP contribution is 2.37. The van der Waals surface area contributed by atoms with Crippen molar-refractivity contribution in [2.24, 2.45) is 5.84 Å². The molecule has 0 aliphatic heterocycles. The van der Waals surface area contributed by atoms with E-state index in [9.17, 15) is 0 Å². The van der Waals surface area contributed by atoms with E-state index < -0.39 is 0 Å². The Morgan fingerprint density at radius 3 is 2.62 bits per heavy atom. The molecule has 3 N–H and O–H groups in total. The summed E-state index contributed by atoms with van der Waals surface area (Å²) in [5.74, 6) is 5.85. The quantitative estimate of drug-likeness (QED) is 0.609. The maximum absolute atomic E-state index is 6.31. The molecule has 118 valence electrons. The first-order valence-corrected chi connectivity index (χ1v) is 8.41. The van der Waals surface area contributed by atoms with Gasteiger partial charge in [0.25, 0.3) is 0 Å². The summed E-state index contributed by atoms with van der Waals surface area (Å²) in [6.07, 6.45) is 6.42. The lowest BCUT2D eigenvalue weighted by molar-refractivity contribution is -0.0898. The number of ether oxygens (including phenoxy) is 1. The normalized spacial score (nSPS) is 19.4. The smallest absolute Gasteiger partial charge is 0.0851 e. The minimum atomic E-state index is -0.201. The number of nitrogens with two attached hydrogens (primary N) is 1. The fourth-order valence-corrected chi connectivity index (χ4v) is 3.75. The number of benzene rings is 1. The molecule has 3 nitrogen and oxygen atoms in total. The van der Waals surface area contributed by atoms with Crippen LogP contribution in [0.3, 0.4) is 0 Å². The largest absolute Gasteiger partial charge is 0.374 e. The van der Waals surface area contributed by atoms with Crippen molar-refractivity contribution < 1.29 is 4.74 Å². The monoisotopic (exact) mass is 330 g/mol. The van der Waals surface area contributed by atoms with Gasteiger partial charge in [0.2, 0.25) is 0 Å². The molecular weight excluding hydrogens is 307 g/mol. The van der Waals surface area contributed by atoms with Crippen LogP contribution in [0.25, 0.3) is 0 Å². The van der Waals surface area contributed by atoms with Crippen molar-refractivity contribution in [3.8, 4) is 0 Å². The fourth-order valence-electron chi connectivity index (χ4n) is 3.35. The Morgan fingerprint density at radius 1 is 1.29 bits per heavy atom. The molecule has 1 aliphatic carbocycles. The van der Waals surface area contributed by atoms with Crippen molar-refractivity contribution in [1.29, 1.82) is 0 Å². The molecule has 0 heterocycles. The lowest BCUT2D eigenvalue weighted by Gasteiger charge is -2.43. The predicted molar refractivity (Wildman–Crippen MR) is 88.7 cm³/mol. The van der Waals surface area contributed by atoms with E-state index in [1.807, 2.05) is 19.1 Å². The maximum atomic E-state index is 6.31. The first-order valence-electron chi connectivity index (χ1n) is 7.66. The molecule has 0 aromatic heterocycles. The van der Waals surface area contributed by atoms with Gasteiger partial charge >= 0.3 is 0 Å². The average Bonchev–Trinajstić information content (AvgIpc) is 2.50. The molecule has 0 spiro atoms. The molecule has 0 saturated heterocycles. The topological polar surface area (TPSA) is 47.3 Å². The van der Waals surface area contributed by atoms with Gasteiger partial charge in [-0.15, -0.1) is 0 Å². The summed E-state index contributed by atoms with van der Waals surface area (Å²) in [6.45, 7) is 2.73. The molecule has 0 amide bonds. The van der Waals surface area contributed by atoms with Gasteiger partial charge in [-0.25, -0.2) is 0 Å². The highest BCUT2D eigenvalue weighted by atomic mass is 35.5. The molecule has 1 aromatic carbocycles. The van der Waals surface area contributed by atoms with Gasteiger partial charge in [0, 0.05) is 6.61 Å². The van der Waals surface area contributed by atoms with Crippen LogP contribution < -0.4 is 11.3 Å². The van der Waals surface area contributed by atoms with Crippen LogP contribution in [0.4, 0.5) is 0 Å². The maximum Gasteiger partial charge on any atom is 0.0851 e. The third kappa shape index (κ3) is 3.91. The van der Waals surface area contributed by atoms with E-state index >= 15 is 0 Å². The Bertz CT molecular complexity index is 456. The zero-order valence-corrected chi connectivity index (χ0v) is 14.0. The molecule has 5 heteroatoms.